The lowest BCUT2D eigenvalue weighted by Crippen LogP contribution is -2.61. The number of nitrogens with one attached hydrogen (secondary N) is 19. The highest BCUT2D eigenvalue weighted by Gasteiger charge is 2.37. The molecule has 2 aromatic carbocycles. The minimum Gasteiger partial charge on any atom is -0.508 e. The zero-order chi connectivity index (χ0) is 90.1. The number of carboxylic acids is 1. The van der Waals surface area contributed by atoms with E-state index in [-0.39, 0.29) is 103 Å². The zero-order valence-electron chi connectivity index (χ0n) is 67.6. The number of unbranched alkanes of at least 4 members (excludes halogenated alkanes) is 2. The highest BCUT2D eigenvalue weighted by Crippen LogP contribution is 2.14. The first-order chi connectivity index (χ1) is 56.7. The monoisotopic (exact) mass is 1710 g/mol. The number of phenolic OH excluding ortho intramolecular Hbond substituents is 1. The first-order valence-corrected chi connectivity index (χ1v) is 40.0. The van der Waals surface area contributed by atoms with Crippen LogP contribution < -0.4 is 125 Å². The first kappa shape index (κ1) is 104. The molecule has 668 valence electrons. The Balaban J connectivity index is 2.34. The Morgan fingerprint density at radius 2 is 0.742 bits per heavy atom. The van der Waals surface area contributed by atoms with Gasteiger partial charge in [-0.05, 0) is 147 Å². The van der Waals surface area contributed by atoms with Crippen molar-refractivity contribution in [3.8, 4) is 5.75 Å². The van der Waals surface area contributed by atoms with Crippen LogP contribution in [0.25, 0.3) is 0 Å². The second-order valence-corrected chi connectivity index (χ2v) is 28.9. The van der Waals surface area contributed by atoms with Gasteiger partial charge in [-0.25, -0.2) is 4.79 Å². The van der Waals surface area contributed by atoms with E-state index < -0.39 is 230 Å². The number of primary amides is 1. The van der Waals surface area contributed by atoms with Crippen molar-refractivity contribution in [1.82, 2.24) is 90.4 Å². The van der Waals surface area contributed by atoms with Gasteiger partial charge >= 0.3 is 5.97 Å². The SMILES string of the molecule is CSCC[C@H](NC(=O)[C@H](C)N)C(=O)N[C@@H](Cc1ccccc1)C(=O)NCC(=O)N[C@@H](CC(N)=O)C(=O)NCC(=O)N[C@@H](CCCCN)C(=O)NCC(=O)N[C@@H](Cc1ccc(O)cc1)C(=O)N[C@@H](CCCNC(=N)N)C(=O)NCC(=O)N[C@@H](CCCCN)C(=O)N[C@@H](CCCNC(=N)N)C(=O)N[C@@H](C)C(=O)N[C@H](C(=O)N[C@H](C(=O)O)[C@@H](C)O)[C@@H](C)O. The molecule has 0 saturated heterocycles. The van der Waals surface area contributed by atoms with Crippen LogP contribution in [0.4, 0.5) is 0 Å². The topological polar surface area (TPSA) is 779 Å². The third kappa shape index (κ3) is 42.4. The number of aliphatic carboxylic acids is 1. The number of hydrogen-bond acceptors (Lipinski definition) is 26. The van der Waals surface area contributed by atoms with E-state index in [1.165, 1.54) is 49.9 Å². The van der Waals surface area contributed by atoms with Gasteiger partial charge in [0.1, 0.15) is 66.2 Å². The van der Waals surface area contributed by atoms with Gasteiger partial charge in [0.05, 0.1) is 50.8 Å². The van der Waals surface area contributed by atoms with Crippen LogP contribution >= 0.6 is 11.8 Å². The van der Waals surface area contributed by atoms with Gasteiger partial charge in [0.2, 0.25) is 94.5 Å². The number of guanidine groups is 2. The van der Waals surface area contributed by atoms with Gasteiger partial charge in [-0.1, -0.05) is 42.5 Å². The molecule has 2 aromatic rings. The van der Waals surface area contributed by atoms with Crippen LogP contribution in [0.5, 0.6) is 5.75 Å². The number of aliphatic hydroxyl groups is 2. The van der Waals surface area contributed by atoms with Crippen molar-refractivity contribution in [3.05, 3.63) is 65.7 Å². The van der Waals surface area contributed by atoms with E-state index in [0.29, 0.717) is 29.7 Å². The molecule has 0 aliphatic carbocycles. The maximum Gasteiger partial charge on any atom is 0.328 e. The van der Waals surface area contributed by atoms with E-state index in [9.17, 15) is 102 Å². The average molecular weight is 1710 g/mol. The van der Waals surface area contributed by atoms with E-state index in [0.717, 1.165) is 13.8 Å². The molecule has 46 nitrogen and oxygen atoms in total. The average Bonchev–Trinajstić information content (AvgIpc) is 0.861. The number of phenols is 1. The summed E-state index contributed by atoms with van der Waals surface area (Å²) in [7, 11) is 0. The molecule has 0 spiro atoms. The van der Waals surface area contributed by atoms with Gasteiger partial charge in [-0.15, -0.1) is 0 Å². The summed E-state index contributed by atoms with van der Waals surface area (Å²) in [5.41, 5.74) is 34.5. The molecule has 0 aromatic heterocycles. The Morgan fingerprint density at radius 1 is 0.392 bits per heavy atom. The molecule has 0 radical (unpaired) electrons. The molecular weight excluding hydrogens is 1600 g/mol. The Labute approximate surface area is 697 Å². The quantitative estimate of drug-likeness (QED) is 0.0166. The van der Waals surface area contributed by atoms with Crippen LogP contribution in [0.2, 0.25) is 0 Å². The molecule has 0 unspecified atom stereocenters. The molecule has 16 amide bonds. The van der Waals surface area contributed by atoms with Gasteiger partial charge in [0, 0.05) is 25.9 Å². The van der Waals surface area contributed by atoms with E-state index in [4.69, 9.17) is 45.2 Å². The first-order valence-electron chi connectivity index (χ1n) is 38.6. The number of carbonyl (C=O) groups excluding carboxylic acids is 16. The summed E-state index contributed by atoms with van der Waals surface area (Å²) in [6.07, 6.45) is -1.77. The minimum atomic E-state index is -1.83. The summed E-state index contributed by atoms with van der Waals surface area (Å²) in [5, 5.41) is 96.0. The molecule has 120 heavy (non-hydrogen) atoms. The highest BCUT2D eigenvalue weighted by molar-refractivity contribution is 7.98. The fraction of sp³-hybridized carbons (Fsp3) is 0.575. The summed E-state index contributed by atoms with van der Waals surface area (Å²) in [6, 6.07) is -3.74. The molecule has 0 aliphatic heterocycles. The number of amides is 16. The van der Waals surface area contributed by atoms with Gasteiger partial charge < -0.3 is 145 Å². The van der Waals surface area contributed by atoms with Crippen molar-refractivity contribution in [2.75, 3.05) is 64.4 Å². The third-order valence-electron chi connectivity index (χ3n) is 17.6. The Hall–Kier alpha value is -12.1. The molecule has 0 aliphatic rings. The maximum atomic E-state index is 14.5. The molecule has 0 bridgehead atoms. The lowest BCUT2D eigenvalue weighted by molar-refractivity contribution is -0.146. The minimum absolute atomic E-state index is 0.0108. The van der Waals surface area contributed by atoms with E-state index in [1.54, 1.807) is 36.6 Å². The number of nitrogens with two attached hydrogens (primary N) is 6. The Morgan fingerprint density at radius 3 is 1.17 bits per heavy atom. The number of hydrogen-bond donors (Lipinski definition) is 29. The van der Waals surface area contributed by atoms with Crippen molar-refractivity contribution < 1.29 is 102 Å². The molecule has 0 fully saturated rings. The van der Waals surface area contributed by atoms with Gasteiger partial charge in [-0.2, -0.15) is 11.8 Å². The van der Waals surface area contributed by atoms with Crippen molar-refractivity contribution in [2.45, 2.75) is 202 Å². The number of carboxylic acid groups (broad SMARTS) is 1. The summed E-state index contributed by atoms with van der Waals surface area (Å²) >= 11 is 1.40. The zero-order valence-corrected chi connectivity index (χ0v) is 68.5. The second-order valence-electron chi connectivity index (χ2n) is 28.0. The largest absolute Gasteiger partial charge is 0.508 e. The smallest absolute Gasteiger partial charge is 0.328 e. The number of aromatic hydroxyl groups is 1. The van der Waals surface area contributed by atoms with Crippen LogP contribution in [-0.4, -0.2) is 282 Å². The molecule has 2 rings (SSSR count). The number of rotatable bonds is 58. The van der Waals surface area contributed by atoms with E-state index in [2.05, 4.69) is 85.1 Å². The number of carbonyl (C=O) groups is 17. The van der Waals surface area contributed by atoms with Crippen LogP contribution in [0.1, 0.15) is 116 Å². The van der Waals surface area contributed by atoms with Gasteiger partial charge in [-0.3, -0.25) is 87.5 Å². The standard InChI is InChI=1S/C73H119N25O21S/c1-38(76)60(107)93-49(25-30-120-5)68(115)96-50(31-42-15-7-6-8-16-42)64(111)86-37-57(106)92-52(33-53(77)102)65(112)87-35-54(103)89-45(17-9-11-26-74)62(109)84-36-56(105)91-51(32-43-21-23-44(101)24-22-43)69(116)94-46(19-13-28-82-72(78)79)63(110)85-34-55(104)90-47(18-10-12-27-75)67(114)95-48(20-14-29-83-73(80)81)66(113)88-39(2)61(108)97-58(40(3)99)70(117)98-59(41(4)100)71(118)119/h6-8,15-16,21-24,38-41,45-52,58-59,99-101H,9-14,17-20,25-37,74-76H2,1-5H3,(H2,77,102)(H,84,109)(H,85,110)(H,86,111)(H,87,112)(H,88,113)(H,89,103)(H,90,104)(H,91,105)(H,92,106)(H,93,107)(H,94,116)(H,95,114)(H,96,115)(H,97,108)(H,98,117)(H,118,119)(H4,78,79,82)(H4,80,81,83)/t38-,39-,40+,41+,45-,46-,47-,48-,49-,50-,51-,52-,58-,59-/m0/s1. The lowest BCUT2D eigenvalue weighted by atomic mass is 10.0. The van der Waals surface area contributed by atoms with Gasteiger partial charge in [0.15, 0.2) is 18.0 Å². The summed E-state index contributed by atoms with van der Waals surface area (Å²) in [5.74, 6) is -17.7. The number of aliphatic hydroxyl groups excluding tert-OH is 2. The molecule has 14 atom stereocenters. The molecule has 0 saturated carbocycles. The van der Waals surface area contributed by atoms with Crippen LogP contribution in [-0.2, 0) is 94.3 Å². The van der Waals surface area contributed by atoms with Crippen molar-refractivity contribution >= 4 is 124 Å². The van der Waals surface area contributed by atoms with E-state index in [1.807, 2.05) is 5.32 Å². The van der Waals surface area contributed by atoms with Crippen molar-refractivity contribution in [1.29, 1.82) is 10.8 Å². The lowest BCUT2D eigenvalue weighted by Gasteiger charge is -2.27. The summed E-state index contributed by atoms with van der Waals surface area (Å²) < 4.78 is 0. The van der Waals surface area contributed by atoms with Crippen molar-refractivity contribution in [3.63, 3.8) is 0 Å². The number of thioether (sulfide) groups is 1. The number of benzene rings is 2. The predicted octanol–water partition coefficient (Wildman–Crippen LogP) is -10.4. The Kier molecular flexibility index (Phi) is 48.8. The van der Waals surface area contributed by atoms with Crippen molar-refractivity contribution in [2.24, 2.45) is 34.4 Å². The molecule has 35 N–H and O–H groups in total. The molecular formula is C73H119N25O21S. The second kappa shape index (κ2) is 56.3. The van der Waals surface area contributed by atoms with Crippen LogP contribution in [0, 0.1) is 10.8 Å². The Bertz CT molecular complexity index is 3770. The third-order valence-corrected chi connectivity index (χ3v) is 18.3. The fourth-order valence-corrected chi connectivity index (χ4v) is 11.6. The highest BCUT2D eigenvalue weighted by atomic mass is 32.2. The molecule has 47 heteroatoms. The fourth-order valence-electron chi connectivity index (χ4n) is 11.1. The predicted molar refractivity (Wildman–Crippen MR) is 436 cm³/mol. The maximum absolute atomic E-state index is 14.5. The normalized spacial score (nSPS) is 14.4. The van der Waals surface area contributed by atoms with Crippen LogP contribution in [0.15, 0.2) is 54.6 Å². The van der Waals surface area contributed by atoms with Crippen LogP contribution in [0.3, 0.4) is 0 Å². The molecule has 0 heterocycles. The summed E-state index contributed by atoms with van der Waals surface area (Å²) in [4.78, 5) is 229. The van der Waals surface area contributed by atoms with E-state index >= 15 is 0 Å². The van der Waals surface area contributed by atoms with Gasteiger partial charge in [0.25, 0.3) is 0 Å². The summed E-state index contributed by atoms with van der Waals surface area (Å²) in [6.45, 7) is 1.72.